The van der Waals surface area contributed by atoms with Crippen LogP contribution in [0.25, 0.3) is 0 Å². The molecular weight excluding hydrogens is 198 g/mol. The number of hydrogen-bond acceptors (Lipinski definition) is 4. The highest BCUT2D eigenvalue weighted by molar-refractivity contribution is 5.48. The molecule has 0 aromatic heterocycles. The number of rotatable bonds is 5. The maximum Gasteiger partial charge on any atom is 0.273 e. The zero-order valence-corrected chi connectivity index (χ0v) is 8.30. The molecule has 0 N–H and O–H groups in total. The van der Waals surface area contributed by atoms with Gasteiger partial charge in [0.2, 0.25) is 0 Å². The first-order chi connectivity index (χ1) is 7.19. The molecule has 1 aromatic carbocycles. The lowest BCUT2D eigenvalue weighted by Crippen LogP contribution is -1.97. The van der Waals surface area contributed by atoms with Crippen molar-refractivity contribution in [2.75, 3.05) is 13.7 Å². The molecule has 1 aromatic rings. The van der Waals surface area contributed by atoms with Crippen molar-refractivity contribution in [1.82, 2.24) is 0 Å². The average Bonchev–Trinajstić information content (AvgIpc) is 2.25. The van der Waals surface area contributed by atoms with Crippen molar-refractivity contribution in [3.8, 4) is 11.5 Å². The van der Waals surface area contributed by atoms with Gasteiger partial charge in [-0.25, -0.2) is 0 Å². The van der Waals surface area contributed by atoms with Crippen LogP contribution >= 0.6 is 0 Å². The van der Waals surface area contributed by atoms with Crippen molar-refractivity contribution in [2.24, 2.45) is 0 Å². The van der Waals surface area contributed by atoms with Crippen LogP contribution in [0, 0.1) is 10.1 Å². The standard InChI is InChI=1S/C10H11NO4/c1-3-6-15-9-5-4-8(11(12)13)7-10(9)14-2/h3-5,7H,1,6H2,2H3. The van der Waals surface area contributed by atoms with Gasteiger partial charge in [0.1, 0.15) is 6.61 Å². The molecular formula is C10H11NO4. The highest BCUT2D eigenvalue weighted by atomic mass is 16.6. The third-order valence-electron chi connectivity index (χ3n) is 1.71. The van der Waals surface area contributed by atoms with Crippen LogP contribution in [0.3, 0.4) is 0 Å². The number of non-ortho nitro benzene ring substituents is 1. The van der Waals surface area contributed by atoms with Crippen LogP contribution in [0.15, 0.2) is 30.9 Å². The van der Waals surface area contributed by atoms with Crippen molar-refractivity contribution >= 4 is 5.69 Å². The molecule has 1 rings (SSSR count). The van der Waals surface area contributed by atoms with Crippen molar-refractivity contribution in [1.29, 1.82) is 0 Å². The van der Waals surface area contributed by atoms with Gasteiger partial charge in [-0.05, 0) is 6.07 Å². The number of methoxy groups -OCH3 is 1. The number of nitro groups is 1. The first kappa shape index (κ1) is 11.0. The van der Waals surface area contributed by atoms with Crippen LogP contribution in [-0.4, -0.2) is 18.6 Å². The third kappa shape index (κ3) is 2.70. The van der Waals surface area contributed by atoms with Crippen LogP contribution in [0.2, 0.25) is 0 Å². The van der Waals surface area contributed by atoms with E-state index >= 15 is 0 Å². The Morgan fingerprint density at radius 1 is 1.53 bits per heavy atom. The fourth-order valence-electron chi connectivity index (χ4n) is 1.04. The Balaban J connectivity index is 2.97. The Morgan fingerprint density at radius 2 is 2.27 bits per heavy atom. The quantitative estimate of drug-likeness (QED) is 0.423. The Kier molecular flexibility index (Phi) is 3.68. The summed E-state index contributed by atoms with van der Waals surface area (Å²) in [6.45, 7) is 3.83. The minimum Gasteiger partial charge on any atom is -0.493 e. The summed E-state index contributed by atoms with van der Waals surface area (Å²) in [7, 11) is 1.43. The van der Waals surface area contributed by atoms with Gasteiger partial charge in [-0.3, -0.25) is 10.1 Å². The largest absolute Gasteiger partial charge is 0.493 e. The van der Waals surface area contributed by atoms with E-state index in [1.54, 1.807) is 6.08 Å². The fourth-order valence-corrected chi connectivity index (χ4v) is 1.04. The molecule has 0 radical (unpaired) electrons. The second-order valence-corrected chi connectivity index (χ2v) is 2.69. The molecule has 0 spiro atoms. The Morgan fingerprint density at radius 3 is 2.80 bits per heavy atom. The lowest BCUT2D eigenvalue weighted by Gasteiger charge is -2.08. The molecule has 5 nitrogen and oxygen atoms in total. The second-order valence-electron chi connectivity index (χ2n) is 2.69. The topological polar surface area (TPSA) is 61.6 Å². The Labute approximate surface area is 87.1 Å². The van der Waals surface area contributed by atoms with Gasteiger partial charge in [0, 0.05) is 6.07 Å². The number of benzene rings is 1. The molecule has 0 bridgehead atoms. The highest BCUT2D eigenvalue weighted by Gasteiger charge is 2.11. The molecule has 80 valence electrons. The third-order valence-corrected chi connectivity index (χ3v) is 1.71. The van der Waals surface area contributed by atoms with Gasteiger partial charge in [0.25, 0.3) is 5.69 Å². The summed E-state index contributed by atoms with van der Waals surface area (Å²) in [5.74, 6) is 0.800. The molecule has 0 amide bonds. The molecule has 0 saturated heterocycles. The zero-order valence-electron chi connectivity index (χ0n) is 8.30. The summed E-state index contributed by atoms with van der Waals surface area (Å²) in [6.07, 6.45) is 1.58. The predicted octanol–water partition coefficient (Wildman–Crippen LogP) is 2.17. The lowest BCUT2D eigenvalue weighted by atomic mass is 10.3. The maximum atomic E-state index is 10.5. The van der Waals surface area contributed by atoms with Crippen LogP contribution < -0.4 is 9.47 Å². The summed E-state index contributed by atoms with van der Waals surface area (Å²) in [5.41, 5.74) is -0.0298. The fraction of sp³-hybridized carbons (Fsp3) is 0.200. The molecule has 0 atom stereocenters. The SMILES string of the molecule is C=CCOc1ccc([N+](=O)[O-])cc1OC. The van der Waals surface area contributed by atoms with Crippen LogP contribution in [0.1, 0.15) is 0 Å². The summed E-state index contributed by atoms with van der Waals surface area (Å²) in [5, 5.41) is 10.5. The first-order valence-electron chi connectivity index (χ1n) is 4.25. The highest BCUT2D eigenvalue weighted by Crippen LogP contribution is 2.30. The van der Waals surface area contributed by atoms with Gasteiger partial charge in [-0.2, -0.15) is 0 Å². The van der Waals surface area contributed by atoms with Crippen LogP contribution in [-0.2, 0) is 0 Å². The molecule has 15 heavy (non-hydrogen) atoms. The van der Waals surface area contributed by atoms with Gasteiger partial charge in [0.05, 0.1) is 18.1 Å². The smallest absolute Gasteiger partial charge is 0.273 e. The van der Waals surface area contributed by atoms with E-state index in [0.29, 0.717) is 18.1 Å². The van der Waals surface area contributed by atoms with Gasteiger partial charge in [-0.1, -0.05) is 12.7 Å². The molecule has 0 aliphatic carbocycles. The maximum absolute atomic E-state index is 10.5. The van der Waals surface area contributed by atoms with Crippen LogP contribution in [0.5, 0.6) is 11.5 Å². The number of nitro benzene ring substituents is 1. The summed E-state index contributed by atoms with van der Waals surface area (Å²) < 4.78 is 10.2. The average molecular weight is 209 g/mol. The van der Waals surface area contributed by atoms with E-state index in [0.717, 1.165) is 0 Å². The van der Waals surface area contributed by atoms with Gasteiger partial charge in [-0.15, -0.1) is 0 Å². The minimum atomic E-state index is -0.486. The van der Waals surface area contributed by atoms with E-state index < -0.39 is 4.92 Å². The lowest BCUT2D eigenvalue weighted by molar-refractivity contribution is -0.384. The van der Waals surface area contributed by atoms with E-state index in [1.165, 1.54) is 25.3 Å². The van der Waals surface area contributed by atoms with Gasteiger partial charge >= 0.3 is 0 Å². The van der Waals surface area contributed by atoms with Gasteiger partial charge < -0.3 is 9.47 Å². The Hall–Kier alpha value is -2.04. The summed E-state index contributed by atoms with van der Waals surface area (Å²) >= 11 is 0. The van der Waals surface area contributed by atoms with Crippen LogP contribution in [0.4, 0.5) is 5.69 Å². The van der Waals surface area contributed by atoms with E-state index in [1.807, 2.05) is 0 Å². The molecule has 5 heteroatoms. The van der Waals surface area contributed by atoms with Crippen molar-refractivity contribution in [3.05, 3.63) is 41.0 Å². The van der Waals surface area contributed by atoms with Crippen molar-refractivity contribution in [2.45, 2.75) is 0 Å². The van der Waals surface area contributed by atoms with E-state index in [2.05, 4.69) is 6.58 Å². The zero-order chi connectivity index (χ0) is 11.3. The van der Waals surface area contributed by atoms with E-state index in [-0.39, 0.29) is 5.69 Å². The number of hydrogen-bond donors (Lipinski definition) is 0. The summed E-state index contributed by atoms with van der Waals surface area (Å²) in [4.78, 5) is 10.0. The molecule has 0 aliphatic rings. The molecule has 0 unspecified atom stereocenters. The minimum absolute atomic E-state index is 0.0298. The first-order valence-corrected chi connectivity index (χ1v) is 4.25. The normalized spacial score (nSPS) is 9.40. The number of nitrogens with zero attached hydrogens (tertiary/aromatic N) is 1. The molecule has 0 fully saturated rings. The molecule has 0 saturated carbocycles. The molecule has 0 aliphatic heterocycles. The molecule has 0 heterocycles. The van der Waals surface area contributed by atoms with Gasteiger partial charge in [0.15, 0.2) is 11.5 Å². The Bertz CT molecular complexity index is 376. The number of ether oxygens (including phenoxy) is 2. The van der Waals surface area contributed by atoms with E-state index in [4.69, 9.17) is 9.47 Å². The van der Waals surface area contributed by atoms with Crippen molar-refractivity contribution in [3.63, 3.8) is 0 Å². The predicted molar refractivity (Wildman–Crippen MR) is 55.3 cm³/mol. The van der Waals surface area contributed by atoms with E-state index in [9.17, 15) is 10.1 Å². The summed E-state index contributed by atoms with van der Waals surface area (Å²) in [6, 6.07) is 4.18. The monoisotopic (exact) mass is 209 g/mol. The van der Waals surface area contributed by atoms with Crippen molar-refractivity contribution < 1.29 is 14.4 Å². The second kappa shape index (κ2) is 4.99.